The molecular formula is C44H42Br2N2O2. The maximum atomic E-state index is 6.50. The first-order valence-electron chi connectivity index (χ1n) is 16.8. The van der Waals surface area contributed by atoms with Crippen molar-refractivity contribution in [3.05, 3.63) is 153 Å². The monoisotopic (exact) mass is 788 g/mol. The van der Waals surface area contributed by atoms with E-state index in [1.54, 1.807) is 0 Å². The summed E-state index contributed by atoms with van der Waals surface area (Å²) in [5.41, 5.74) is 9.46. The third-order valence-electron chi connectivity index (χ3n) is 8.58. The highest BCUT2D eigenvalue weighted by molar-refractivity contribution is 9.11. The highest BCUT2D eigenvalue weighted by Crippen LogP contribution is 2.43. The number of ether oxygens (including phenoxy) is 2. The third kappa shape index (κ3) is 8.36. The van der Waals surface area contributed by atoms with Crippen molar-refractivity contribution < 1.29 is 9.47 Å². The highest BCUT2D eigenvalue weighted by Gasteiger charge is 2.23. The van der Waals surface area contributed by atoms with Crippen molar-refractivity contribution in [1.82, 2.24) is 9.97 Å². The van der Waals surface area contributed by atoms with Gasteiger partial charge in [-0.2, -0.15) is 0 Å². The van der Waals surface area contributed by atoms with Crippen LogP contribution in [-0.4, -0.2) is 9.97 Å². The molecule has 6 aromatic rings. The molecule has 0 spiro atoms. The van der Waals surface area contributed by atoms with Crippen LogP contribution in [0, 0.1) is 0 Å². The molecule has 0 unspecified atom stereocenters. The molecule has 0 atom stereocenters. The Hall–Kier alpha value is -4.26. The van der Waals surface area contributed by atoms with E-state index in [9.17, 15) is 0 Å². The zero-order chi connectivity index (χ0) is 35.5. The maximum absolute atomic E-state index is 6.50. The van der Waals surface area contributed by atoms with Gasteiger partial charge in [-0.25, -0.2) is 9.97 Å². The van der Waals surface area contributed by atoms with Crippen LogP contribution in [0.5, 0.6) is 11.5 Å². The molecule has 0 saturated carbocycles. The minimum Gasteiger partial charge on any atom is -0.487 e. The molecule has 0 amide bonds. The number of pyridine rings is 2. The van der Waals surface area contributed by atoms with E-state index in [1.807, 2.05) is 72.8 Å². The van der Waals surface area contributed by atoms with Gasteiger partial charge in [-0.15, -0.1) is 0 Å². The molecule has 50 heavy (non-hydrogen) atoms. The van der Waals surface area contributed by atoms with Crippen LogP contribution in [-0.2, 0) is 24.0 Å². The average molecular weight is 791 g/mol. The van der Waals surface area contributed by atoms with Crippen molar-refractivity contribution >= 4 is 31.9 Å². The molecule has 2 aromatic heterocycles. The summed E-state index contributed by atoms with van der Waals surface area (Å²) in [5, 5.41) is 0. The SMILES string of the molecule is CC(C)(C)c1cc(Br)c(OCc2ccccc2)c(-c2cccc(-c3cccc(-c4cc(C(C)(C)C)cc(Br)c4OCc4ccccc4)n3)n2)c1. The zero-order valence-corrected chi connectivity index (χ0v) is 32.6. The number of halogens is 2. The largest absolute Gasteiger partial charge is 0.487 e. The van der Waals surface area contributed by atoms with Gasteiger partial charge in [0.1, 0.15) is 24.7 Å². The number of hydrogen-bond acceptors (Lipinski definition) is 4. The molecule has 6 heteroatoms. The zero-order valence-electron chi connectivity index (χ0n) is 29.4. The first-order valence-corrected chi connectivity index (χ1v) is 18.4. The van der Waals surface area contributed by atoms with Gasteiger partial charge in [0, 0.05) is 11.1 Å². The topological polar surface area (TPSA) is 44.2 Å². The summed E-state index contributed by atoms with van der Waals surface area (Å²) >= 11 is 7.68. The van der Waals surface area contributed by atoms with Gasteiger partial charge in [0.25, 0.3) is 0 Å². The molecule has 0 aliphatic rings. The molecule has 0 aliphatic carbocycles. The van der Waals surface area contributed by atoms with Crippen LogP contribution in [0.3, 0.4) is 0 Å². The van der Waals surface area contributed by atoms with Crippen molar-refractivity contribution in [3.8, 4) is 45.4 Å². The van der Waals surface area contributed by atoms with Gasteiger partial charge in [0.15, 0.2) is 0 Å². The molecule has 254 valence electrons. The molecule has 6 rings (SSSR count). The smallest absolute Gasteiger partial charge is 0.143 e. The Morgan fingerprint density at radius 1 is 0.460 bits per heavy atom. The summed E-state index contributed by atoms with van der Waals surface area (Å²) in [6.45, 7) is 14.2. The summed E-state index contributed by atoms with van der Waals surface area (Å²) in [5.74, 6) is 1.52. The van der Waals surface area contributed by atoms with Gasteiger partial charge in [-0.3, -0.25) is 0 Å². The standard InChI is InChI=1S/C44H42Br2N2O2/c1-43(2,3)31-23-33(41(35(45)25-31)49-27-29-15-9-7-10-16-29)37-19-13-21-39(47-37)40-22-14-20-38(48-40)34-24-32(44(4,5)6)26-36(46)42(34)50-28-30-17-11-8-12-18-30/h7-26H,27-28H2,1-6H3. The maximum Gasteiger partial charge on any atom is 0.143 e. The van der Waals surface area contributed by atoms with E-state index in [2.05, 4.69) is 122 Å². The fourth-order valence-electron chi connectivity index (χ4n) is 5.64. The second kappa shape index (κ2) is 14.9. The number of benzene rings is 4. The van der Waals surface area contributed by atoms with Gasteiger partial charge in [-0.1, -0.05) is 114 Å². The van der Waals surface area contributed by atoms with Crippen LogP contribution in [0.1, 0.15) is 63.8 Å². The Kier molecular flexibility index (Phi) is 10.6. The quantitative estimate of drug-likeness (QED) is 0.146. The van der Waals surface area contributed by atoms with Crippen LogP contribution >= 0.6 is 31.9 Å². The molecule has 0 fully saturated rings. The molecule has 4 aromatic carbocycles. The highest BCUT2D eigenvalue weighted by atomic mass is 79.9. The Balaban J connectivity index is 1.41. The van der Waals surface area contributed by atoms with E-state index < -0.39 is 0 Å². The average Bonchev–Trinajstić information content (AvgIpc) is 3.10. The van der Waals surface area contributed by atoms with E-state index in [0.717, 1.165) is 65.5 Å². The van der Waals surface area contributed by atoms with E-state index >= 15 is 0 Å². The Labute approximate surface area is 313 Å². The van der Waals surface area contributed by atoms with Crippen LogP contribution in [0.15, 0.2) is 130 Å². The summed E-state index contributed by atoms with van der Waals surface area (Å²) in [6.07, 6.45) is 0. The van der Waals surface area contributed by atoms with Crippen molar-refractivity contribution in [1.29, 1.82) is 0 Å². The normalized spacial score (nSPS) is 11.8. The van der Waals surface area contributed by atoms with Gasteiger partial charge in [0.2, 0.25) is 0 Å². The van der Waals surface area contributed by atoms with E-state index in [4.69, 9.17) is 19.4 Å². The van der Waals surface area contributed by atoms with E-state index in [-0.39, 0.29) is 10.8 Å². The first kappa shape index (κ1) is 35.6. The minimum absolute atomic E-state index is 0.0706. The van der Waals surface area contributed by atoms with E-state index in [1.165, 1.54) is 11.1 Å². The number of hydrogen-bond donors (Lipinski definition) is 0. The lowest BCUT2D eigenvalue weighted by Gasteiger charge is -2.23. The Morgan fingerprint density at radius 2 is 0.820 bits per heavy atom. The summed E-state index contributed by atoms with van der Waals surface area (Å²) < 4.78 is 14.8. The molecule has 4 nitrogen and oxygen atoms in total. The third-order valence-corrected chi connectivity index (χ3v) is 9.76. The molecular weight excluding hydrogens is 748 g/mol. The number of nitrogens with zero attached hydrogens (tertiary/aromatic N) is 2. The fourth-order valence-corrected chi connectivity index (χ4v) is 6.79. The van der Waals surface area contributed by atoms with Crippen LogP contribution in [0.4, 0.5) is 0 Å². The van der Waals surface area contributed by atoms with Crippen molar-refractivity contribution in [2.24, 2.45) is 0 Å². The van der Waals surface area contributed by atoms with Crippen LogP contribution < -0.4 is 9.47 Å². The summed E-state index contributed by atoms with van der Waals surface area (Å²) in [4.78, 5) is 10.4. The first-order chi connectivity index (χ1) is 23.9. The van der Waals surface area contributed by atoms with Gasteiger partial charge in [0.05, 0.1) is 31.7 Å². The predicted molar refractivity (Wildman–Crippen MR) is 213 cm³/mol. The van der Waals surface area contributed by atoms with Crippen molar-refractivity contribution in [2.75, 3.05) is 0 Å². The second-order valence-corrected chi connectivity index (χ2v) is 16.2. The molecule has 0 N–H and O–H groups in total. The Bertz CT molecular complexity index is 1950. The summed E-state index contributed by atoms with van der Waals surface area (Å²) in [7, 11) is 0. The summed E-state index contributed by atoms with van der Waals surface area (Å²) in [6, 6.07) is 41.3. The Morgan fingerprint density at radius 3 is 1.18 bits per heavy atom. The molecule has 2 heterocycles. The minimum atomic E-state index is -0.0706. The van der Waals surface area contributed by atoms with Crippen LogP contribution in [0.25, 0.3) is 33.9 Å². The van der Waals surface area contributed by atoms with Crippen LogP contribution in [0.2, 0.25) is 0 Å². The van der Waals surface area contributed by atoms with Crippen molar-refractivity contribution in [3.63, 3.8) is 0 Å². The molecule has 0 saturated heterocycles. The van der Waals surface area contributed by atoms with Gasteiger partial charge < -0.3 is 9.47 Å². The molecule has 0 aliphatic heterocycles. The fraction of sp³-hybridized carbons (Fsp3) is 0.227. The number of aromatic nitrogens is 2. The van der Waals surface area contributed by atoms with Gasteiger partial charge >= 0.3 is 0 Å². The van der Waals surface area contributed by atoms with E-state index in [0.29, 0.717) is 13.2 Å². The lowest BCUT2D eigenvalue weighted by atomic mass is 9.85. The van der Waals surface area contributed by atoms with Crippen molar-refractivity contribution in [2.45, 2.75) is 65.6 Å². The number of rotatable bonds is 9. The molecule has 0 radical (unpaired) electrons. The second-order valence-electron chi connectivity index (χ2n) is 14.5. The van der Waals surface area contributed by atoms with Gasteiger partial charge in [-0.05, 0) is 113 Å². The molecule has 0 bridgehead atoms. The lowest BCUT2D eigenvalue weighted by molar-refractivity contribution is 0.305. The lowest BCUT2D eigenvalue weighted by Crippen LogP contribution is -2.12. The predicted octanol–water partition coefficient (Wildman–Crippen LogP) is 12.8.